The molecule has 236 valence electrons. The maximum absolute atomic E-state index is 15.7. The molecule has 4 aliphatic rings. The minimum Gasteiger partial charge on any atom is -0.465 e. The van der Waals surface area contributed by atoms with Crippen molar-refractivity contribution in [2.24, 2.45) is 10.9 Å². The van der Waals surface area contributed by atoms with E-state index in [9.17, 15) is 34.1 Å². The van der Waals surface area contributed by atoms with E-state index in [-0.39, 0.29) is 61.9 Å². The number of benzene rings is 1. The Bertz CT molecular complexity index is 1580. The highest BCUT2D eigenvalue weighted by Gasteiger charge is 2.65. The van der Waals surface area contributed by atoms with Crippen LogP contribution in [0, 0.1) is 5.92 Å². The summed E-state index contributed by atoms with van der Waals surface area (Å²) in [6, 6.07) is 0.701. The quantitative estimate of drug-likeness (QED) is 0.491. The van der Waals surface area contributed by atoms with Gasteiger partial charge in [-0.1, -0.05) is 19.4 Å². The second kappa shape index (κ2) is 9.59. The highest BCUT2D eigenvalue weighted by molar-refractivity contribution is 8.45. The number of hydrogen-bond donors (Lipinski definition) is 2. The molecule has 17 heteroatoms. The Labute approximate surface area is 241 Å². The van der Waals surface area contributed by atoms with Crippen LogP contribution < -0.4 is 10.8 Å². The van der Waals surface area contributed by atoms with Gasteiger partial charge in [0.05, 0.1) is 37.2 Å². The SMILES string of the molecule is CC1N=c2nc(C3CN(C(=O)O)C4COCC4O3)[nH]c2=C(C2CCN(C(=O)c3ccc(S(F)(F)(F)(F)F)cc3)CC2)C1F. The van der Waals surface area contributed by atoms with Crippen molar-refractivity contribution in [3.63, 3.8) is 0 Å². The van der Waals surface area contributed by atoms with Crippen molar-refractivity contribution in [3.8, 4) is 0 Å². The van der Waals surface area contributed by atoms with E-state index in [2.05, 4.69) is 15.0 Å². The summed E-state index contributed by atoms with van der Waals surface area (Å²) < 4.78 is 92.4. The van der Waals surface area contributed by atoms with Crippen molar-refractivity contribution in [2.45, 2.75) is 55.1 Å². The molecule has 0 spiro atoms. The summed E-state index contributed by atoms with van der Waals surface area (Å²) in [5.74, 6) is -0.626. The molecule has 2 amide bonds. The number of nitrogens with one attached hydrogen (secondary N) is 1. The zero-order valence-corrected chi connectivity index (χ0v) is 23.6. The van der Waals surface area contributed by atoms with Gasteiger partial charge >= 0.3 is 16.3 Å². The van der Waals surface area contributed by atoms with Gasteiger partial charge in [-0.05, 0) is 55.5 Å². The van der Waals surface area contributed by atoms with Gasteiger partial charge in [0.15, 0.2) is 5.49 Å². The number of aromatic nitrogens is 2. The number of ether oxygens (including phenoxy) is 2. The lowest BCUT2D eigenvalue weighted by Crippen LogP contribution is -2.53. The van der Waals surface area contributed by atoms with Crippen LogP contribution in [0.25, 0.3) is 5.57 Å². The highest BCUT2D eigenvalue weighted by Crippen LogP contribution is 3.02. The first-order valence-electron chi connectivity index (χ1n) is 13.7. The number of H-pyrrole nitrogens is 1. The maximum atomic E-state index is 15.7. The van der Waals surface area contributed by atoms with Gasteiger partial charge in [-0.25, -0.2) is 14.2 Å². The third-order valence-electron chi connectivity index (χ3n) is 8.46. The van der Waals surface area contributed by atoms with E-state index < -0.39 is 57.6 Å². The molecule has 2 aromatic rings. The molecule has 10 nitrogen and oxygen atoms in total. The average molecular weight is 638 g/mol. The molecule has 3 fully saturated rings. The number of amides is 2. The molecule has 1 aromatic heterocycles. The topological polar surface area (TPSA) is 120 Å². The number of morpholine rings is 1. The predicted octanol–water partition coefficient (Wildman–Crippen LogP) is 3.95. The molecule has 0 saturated carbocycles. The lowest BCUT2D eigenvalue weighted by atomic mass is 9.83. The average Bonchev–Trinajstić information content (AvgIpc) is 3.59. The summed E-state index contributed by atoms with van der Waals surface area (Å²) >= 11 is 0. The number of likely N-dealkylation sites (tertiary alicyclic amines) is 1. The van der Waals surface area contributed by atoms with E-state index in [1.807, 2.05) is 0 Å². The summed E-state index contributed by atoms with van der Waals surface area (Å²) in [6.45, 7) is 2.39. The van der Waals surface area contributed by atoms with Gasteiger partial charge in [-0.2, -0.15) is 0 Å². The van der Waals surface area contributed by atoms with E-state index in [4.69, 9.17) is 9.47 Å². The Morgan fingerprint density at radius 1 is 1.07 bits per heavy atom. The minimum absolute atomic E-state index is 0.000182. The first-order valence-corrected chi connectivity index (χ1v) is 15.6. The molecule has 5 heterocycles. The van der Waals surface area contributed by atoms with E-state index >= 15 is 4.39 Å². The number of imidazole rings is 1. The zero-order valence-electron chi connectivity index (χ0n) is 22.8. The number of hydrogen-bond acceptors (Lipinski definition) is 6. The Morgan fingerprint density at radius 2 is 1.74 bits per heavy atom. The monoisotopic (exact) mass is 637 g/mol. The number of nitrogens with zero attached hydrogens (tertiary/aromatic N) is 4. The highest BCUT2D eigenvalue weighted by atomic mass is 32.5. The van der Waals surface area contributed by atoms with E-state index in [0.29, 0.717) is 29.6 Å². The second-order valence-corrected chi connectivity index (χ2v) is 13.7. The minimum atomic E-state index is -9.86. The van der Waals surface area contributed by atoms with Crippen LogP contribution in [0.5, 0.6) is 0 Å². The van der Waals surface area contributed by atoms with Crippen LogP contribution >= 0.6 is 10.2 Å². The largest absolute Gasteiger partial charge is 0.465 e. The molecular weight excluding hydrogens is 608 g/mol. The third kappa shape index (κ3) is 5.57. The first kappa shape index (κ1) is 29.7. The number of fused-ring (bicyclic) bond motifs is 2. The number of carbonyl (C=O) groups is 2. The summed E-state index contributed by atoms with van der Waals surface area (Å²) in [6.07, 6.45) is -3.13. The Kier molecular flexibility index (Phi) is 6.64. The van der Waals surface area contributed by atoms with E-state index in [1.54, 1.807) is 6.92 Å². The van der Waals surface area contributed by atoms with Crippen LogP contribution in [0.4, 0.5) is 28.6 Å². The lowest BCUT2D eigenvalue weighted by Gasteiger charge is -2.40. The van der Waals surface area contributed by atoms with Crippen molar-refractivity contribution in [1.29, 1.82) is 0 Å². The van der Waals surface area contributed by atoms with Gasteiger partial charge in [-0.3, -0.25) is 14.7 Å². The number of piperidine rings is 1. The molecule has 6 rings (SSSR count). The summed E-state index contributed by atoms with van der Waals surface area (Å²) in [5, 5.41) is 10.1. The number of alkyl halides is 1. The van der Waals surface area contributed by atoms with Gasteiger partial charge in [0.2, 0.25) is 0 Å². The molecule has 3 saturated heterocycles. The number of halogens is 6. The van der Waals surface area contributed by atoms with Gasteiger partial charge < -0.3 is 24.5 Å². The van der Waals surface area contributed by atoms with Crippen LogP contribution in [-0.4, -0.2) is 94.1 Å². The number of carbonyl (C=O) groups excluding carboxylic acids is 1. The Balaban J connectivity index is 1.21. The first-order chi connectivity index (χ1) is 20.0. The van der Waals surface area contributed by atoms with Crippen LogP contribution in [0.1, 0.15) is 42.1 Å². The fourth-order valence-corrected chi connectivity index (χ4v) is 6.88. The van der Waals surface area contributed by atoms with E-state index in [0.717, 1.165) is 12.1 Å². The van der Waals surface area contributed by atoms with Crippen LogP contribution in [0.2, 0.25) is 0 Å². The van der Waals surface area contributed by atoms with Crippen molar-refractivity contribution in [1.82, 2.24) is 19.8 Å². The summed E-state index contributed by atoms with van der Waals surface area (Å²) in [4.78, 5) is 37.4. The smallest absolute Gasteiger partial charge is 0.407 e. The molecular formula is C26H29F6N5O5S. The lowest BCUT2D eigenvalue weighted by molar-refractivity contribution is -0.0970. The van der Waals surface area contributed by atoms with Gasteiger partial charge in [0.1, 0.15) is 29.1 Å². The van der Waals surface area contributed by atoms with Crippen LogP contribution in [0.15, 0.2) is 34.2 Å². The van der Waals surface area contributed by atoms with Gasteiger partial charge in [0.25, 0.3) is 5.91 Å². The standard InChI is InChI=1S/C26H29F6N5O5S/c1-13-21(27)20(14-6-8-36(9-7-14)25(38)15-2-4-16(5-3-15)43(28,29,30,31)32)22-24(33-13)35-23(34-22)18-10-37(26(39)40)17-11-41-12-19(17)42-18/h2-5,13-14,17-19,21H,6-12H2,1H3,(H,39,40)(H,33,34,35). The molecule has 0 radical (unpaired) electrons. The molecule has 1 aromatic carbocycles. The van der Waals surface area contributed by atoms with Crippen LogP contribution in [-0.2, 0) is 9.47 Å². The van der Waals surface area contributed by atoms with Gasteiger partial charge in [0, 0.05) is 18.7 Å². The third-order valence-corrected chi connectivity index (χ3v) is 9.62. The Hall–Kier alpha value is -3.31. The summed E-state index contributed by atoms with van der Waals surface area (Å²) in [5.41, 5.74) is 0.546. The molecule has 5 unspecified atom stereocenters. The molecule has 4 aliphatic heterocycles. The van der Waals surface area contributed by atoms with Gasteiger partial charge in [-0.15, -0.1) is 0 Å². The number of aromatic amines is 1. The molecule has 0 bridgehead atoms. The van der Waals surface area contributed by atoms with Crippen molar-refractivity contribution in [2.75, 3.05) is 32.8 Å². The fourth-order valence-electron chi connectivity index (χ4n) is 6.23. The number of rotatable bonds is 4. The molecule has 0 aliphatic carbocycles. The molecule has 5 atom stereocenters. The van der Waals surface area contributed by atoms with Crippen LogP contribution in [0.3, 0.4) is 0 Å². The Morgan fingerprint density at radius 3 is 2.37 bits per heavy atom. The normalized spacial score (nSPS) is 29.7. The predicted molar refractivity (Wildman–Crippen MR) is 141 cm³/mol. The zero-order chi connectivity index (χ0) is 31.0. The maximum Gasteiger partial charge on any atom is 0.407 e. The van der Waals surface area contributed by atoms with Crippen molar-refractivity contribution in [3.05, 3.63) is 46.5 Å². The molecule has 43 heavy (non-hydrogen) atoms. The van der Waals surface area contributed by atoms with Crippen molar-refractivity contribution < 1.29 is 48.0 Å². The second-order valence-electron chi connectivity index (χ2n) is 11.3. The number of carboxylic acid groups (broad SMARTS) is 1. The van der Waals surface area contributed by atoms with E-state index in [1.165, 1.54) is 9.80 Å². The summed E-state index contributed by atoms with van der Waals surface area (Å²) in [7, 11) is -9.86. The molecule has 2 N–H and O–H groups in total. The van der Waals surface area contributed by atoms with Crippen molar-refractivity contribution >= 4 is 27.8 Å². The fraction of sp³-hybridized carbons (Fsp3) is 0.538.